The molecule has 0 atom stereocenters. The highest BCUT2D eigenvalue weighted by molar-refractivity contribution is 7.13. The van der Waals surface area contributed by atoms with E-state index in [0.717, 1.165) is 5.56 Å². The van der Waals surface area contributed by atoms with E-state index < -0.39 is 0 Å². The molecule has 0 spiro atoms. The third-order valence-corrected chi connectivity index (χ3v) is 4.53. The topological polar surface area (TPSA) is 80.3 Å². The van der Waals surface area contributed by atoms with E-state index in [0.29, 0.717) is 22.3 Å². The summed E-state index contributed by atoms with van der Waals surface area (Å²) in [5.41, 5.74) is 2.14. The van der Waals surface area contributed by atoms with E-state index in [2.05, 4.69) is 15.6 Å². The fraction of sp³-hybridized carbons (Fsp3) is 0.150. The third kappa shape index (κ3) is 5.39. The predicted octanol–water partition coefficient (Wildman–Crippen LogP) is 3.51. The lowest BCUT2D eigenvalue weighted by Crippen LogP contribution is -2.16. The minimum Gasteiger partial charge on any atom is -0.495 e. The number of anilines is 2. The summed E-state index contributed by atoms with van der Waals surface area (Å²) in [6.45, 7) is 0. The number of carbonyl (C=O) groups excluding carboxylic acids is 2. The smallest absolute Gasteiger partial charge is 0.230 e. The predicted molar refractivity (Wildman–Crippen MR) is 106 cm³/mol. The number of carbonyl (C=O) groups is 2. The second kappa shape index (κ2) is 8.95. The van der Waals surface area contributed by atoms with Crippen LogP contribution in [-0.2, 0) is 22.4 Å². The first-order chi connectivity index (χ1) is 13.1. The number of aromatic nitrogens is 1. The molecular weight excluding hydrogens is 362 g/mol. The molecule has 0 radical (unpaired) electrons. The van der Waals surface area contributed by atoms with Crippen LogP contribution in [0, 0.1) is 0 Å². The van der Waals surface area contributed by atoms with Gasteiger partial charge in [-0.05, 0) is 17.7 Å². The van der Waals surface area contributed by atoms with Crippen molar-refractivity contribution in [3.63, 3.8) is 0 Å². The highest BCUT2D eigenvalue weighted by Crippen LogP contribution is 2.23. The van der Waals surface area contributed by atoms with Crippen LogP contribution in [0.5, 0.6) is 5.75 Å². The maximum Gasteiger partial charge on any atom is 0.230 e. The van der Waals surface area contributed by atoms with Crippen LogP contribution in [0.2, 0.25) is 0 Å². The molecule has 1 heterocycles. The summed E-state index contributed by atoms with van der Waals surface area (Å²) in [7, 11) is 1.55. The van der Waals surface area contributed by atoms with E-state index in [1.165, 1.54) is 11.3 Å². The first kappa shape index (κ1) is 18.6. The van der Waals surface area contributed by atoms with Crippen LogP contribution in [0.3, 0.4) is 0 Å². The average molecular weight is 381 g/mol. The van der Waals surface area contributed by atoms with E-state index >= 15 is 0 Å². The van der Waals surface area contributed by atoms with Gasteiger partial charge in [0.15, 0.2) is 5.13 Å². The van der Waals surface area contributed by atoms with Crippen molar-refractivity contribution in [2.24, 2.45) is 0 Å². The van der Waals surface area contributed by atoms with E-state index in [9.17, 15) is 9.59 Å². The molecule has 0 unspecified atom stereocenters. The number of para-hydroxylation sites is 2. The Balaban J connectivity index is 1.54. The molecule has 0 aliphatic heterocycles. The lowest BCUT2D eigenvalue weighted by Gasteiger charge is -2.09. The van der Waals surface area contributed by atoms with Gasteiger partial charge in [-0.1, -0.05) is 42.5 Å². The Morgan fingerprint density at radius 3 is 2.44 bits per heavy atom. The number of methoxy groups -OCH3 is 1. The largest absolute Gasteiger partial charge is 0.495 e. The van der Waals surface area contributed by atoms with Crippen LogP contribution in [0.25, 0.3) is 0 Å². The van der Waals surface area contributed by atoms with E-state index in [1.807, 2.05) is 42.5 Å². The lowest BCUT2D eigenvalue weighted by molar-refractivity contribution is -0.116. The second-order valence-corrected chi connectivity index (χ2v) is 6.64. The molecule has 27 heavy (non-hydrogen) atoms. The summed E-state index contributed by atoms with van der Waals surface area (Å²) in [4.78, 5) is 28.6. The normalized spacial score (nSPS) is 10.3. The van der Waals surface area contributed by atoms with Gasteiger partial charge in [-0.2, -0.15) is 0 Å². The fourth-order valence-electron chi connectivity index (χ4n) is 2.50. The van der Waals surface area contributed by atoms with E-state index in [4.69, 9.17) is 4.74 Å². The van der Waals surface area contributed by atoms with E-state index in [-0.39, 0.29) is 24.7 Å². The molecule has 6 nitrogen and oxygen atoms in total. The molecule has 2 amide bonds. The Morgan fingerprint density at radius 1 is 0.963 bits per heavy atom. The molecule has 0 aliphatic rings. The van der Waals surface area contributed by atoms with Crippen molar-refractivity contribution in [2.75, 3.05) is 17.7 Å². The molecule has 3 aromatic rings. The zero-order chi connectivity index (χ0) is 19.1. The van der Waals surface area contributed by atoms with Crippen molar-refractivity contribution in [3.05, 3.63) is 71.2 Å². The van der Waals surface area contributed by atoms with Crippen LogP contribution in [0.4, 0.5) is 10.8 Å². The number of hydrogen-bond acceptors (Lipinski definition) is 5. The first-order valence-corrected chi connectivity index (χ1v) is 9.23. The standard InChI is InChI=1S/C20H19N3O3S/c1-26-17-10-6-5-9-16(17)22-19(25)12-15-13-27-20(21-15)23-18(24)11-14-7-3-2-4-8-14/h2-10,13H,11-12H2,1H3,(H,22,25)(H,21,23,24). The van der Waals surface area contributed by atoms with Crippen molar-refractivity contribution in [1.29, 1.82) is 0 Å². The number of rotatable bonds is 7. The van der Waals surface area contributed by atoms with Crippen molar-refractivity contribution in [1.82, 2.24) is 4.98 Å². The average Bonchev–Trinajstić information content (AvgIpc) is 3.09. The Hall–Kier alpha value is -3.19. The van der Waals surface area contributed by atoms with Gasteiger partial charge in [0.2, 0.25) is 11.8 Å². The highest BCUT2D eigenvalue weighted by atomic mass is 32.1. The number of nitrogens with one attached hydrogen (secondary N) is 2. The molecular formula is C20H19N3O3S. The number of thiazole rings is 1. The third-order valence-electron chi connectivity index (χ3n) is 3.73. The molecule has 0 saturated heterocycles. The monoisotopic (exact) mass is 381 g/mol. The maximum atomic E-state index is 12.2. The van der Waals surface area contributed by atoms with E-state index in [1.54, 1.807) is 24.6 Å². The van der Waals surface area contributed by atoms with Gasteiger partial charge in [0, 0.05) is 5.38 Å². The number of amides is 2. The van der Waals surface area contributed by atoms with Crippen molar-refractivity contribution in [3.8, 4) is 5.75 Å². The fourth-order valence-corrected chi connectivity index (χ4v) is 3.22. The molecule has 2 N–H and O–H groups in total. The molecule has 2 aromatic carbocycles. The van der Waals surface area contributed by atoms with Gasteiger partial charge in [0.25, 0.3) is 0 Å². The van der Waals surface area contributed by atoms with Crippen LogP contribution in [0.1, 0.15) is 11.3 Å². The van der Waals surface area contributed by atoms with Gasteiger partial charge in [0.05, 0.1) is 31.3 Å². The zero-order valence-corrected chi connectivity index (χ0v) is 15.6. The molecule has 138 valence electrons. The number of benzene rings is 2. The maximum absolute atomic E-state index is 12.2. The van der Waals surface area contributed by atoms with Gasteiger partial charge in [-0.25, -0.2) is 4.98 Å². The van der Waals surface area contributed by atoms with Gasteiger partial charge >= 0.3 is 0 Å². The summed E-state index contributed by atoms with van der Waals surface area (Å²) in [5, 5.41) is 7.82. The summed E-state index contributed by atoms with van der Waals surface area (Å²) in [6, 6.07) is 16.7. The Morgan fingerprint density at radius 2 is 1.67 bits per heavy atom. The Kier molecular flexibility index (Phi) is 6.17. The minimum atomic E-state index is -0.202. The van der Waals surface area contributed by atoms with Crippen molar-refractivity contribution >= 4 is 34.0 Å². The van der Waals surface area contributed by atoms with Crippen LogP contribution < -0.4 is 15.4 Å². The van der Waals surface area contributed by atoms with Gasteiger partial charge in [-0.3, -0.25) is 9.59 Å². The minimum absolute atomic E-state index is 0.114. The quantitative estimate of drug-likeness (QED) is 0.656. The molecule has 3 rings (SSSR count). The van der Waals surface area contributed by atoms with Crippen LogP contribution in [-0.4, -0.2) is 23.9 Å². The van der Waals surface area contributed by atoms with Crippen LogP contribution in [0.15, 0.2) is 60.0 Å². The molecule has 0 saturated carbocycles. The van der Waals surface area contributed by atoms with Crippen LogP contribution >= 0.6 is 11.3 Å². The number of ether oxygens (including phenoxy) is 1. The molecule has 1 aromatic heterocycles. The summed E-state index contributed by atoms with van der Waals surface area (Å²) in [5.74, 6) is 0.255. The Labute approximate surface area is 161 Å². The molecule has 7 heteroatoms. The van der Waals surface area contributed by atoms with Gasteiger partial charge in [-0.15, -0.1) is 11.3 Å². The zero-order valence-electron chi connectivity index (χ0n) is 14.8. The molecule has 0 aliphatic carbocycles. The van der Waals surface area contributed by atoms with Crippen molar-refractivity contribution < 1.29 is 14.3 Å². The molecule has 0 fully saturated rings. The SMILES string of the molecule is COc1ccccc1NC(=O)Cc1csc(NC(=O)Cc2ccccc2)n1. The van der Waals surface area contributed by atoms with Gasteiger partial charge < -0.3 is 15.4 Å². The second-order valence-electron chi connectivity index (χ2n) is 5.78. The van der Waals surface area contributed by atoms with Gasteiger partial charge in [0.1, 0.15) is 5.75 Å². The number of nitrogens with zero attached hydrogens (tertiary/aromatic N) is 1. The highest BCUT2D eigenvalue weighted by Gasteiger charge is 2.12. The van der Waals surface area contributed by atoms with Crippen molar-refractivity contribution in [2.45, 2.75) is 12.8 Å². The Bertz CT molecular complexity index is 925. The lowest BCUT2D eigenvalue weighted by atomic mass is 10.1. The summed E-state index contributed by atoms with van der Waals surface area (Å²) in [6.07, 6.45) is 0.396. The summed E-state index contributed by atoms with van der Waals surface area (Å²) < 4.78 is 5.22. The summed E-state index contributed by atoms with van der Waals surface area (Å²) >= 11 is 1.30. The number of hydrogen-bond donors (Lipinski definition) is 2. The first-order valence-electron chi connectivity index (χ1n) is 8.35. The molecule has 0 bridgehead atoms.